The SMILES string of the molecule is CC(C)c1ccc(-c2cc(-c3cc4c(o3)C[C@@H](C)NC4=O)ccn2)cc1. The second kappa shape index (κ2) is 6.45. The third-order valence-electron chi connectivity index (χ3n) is 4.84. The Bertz CT molecular complexity index is 955. The summed E-state index contributed by atoms with van der Waals surface area (Å²) >= 11 is 0. The van der Waals surface area contributed by atoms with Crippen molar-refractivity contribution in [1.82, 2.24) is 10.3 Å². The number of aromatic nitrogens is 1. The van der Waals surface area contributed by atoms with Gasteiger partial charge in [0.15, 0.2) is 0 Å². The molecule has 1 atom stereocenters. The second-order valence-corrected chi connectivity index (χ2v) is 7.23. The Morgan fingerprint density at radius 3 is 2.62 bits per heavy atom. The summed E-state index contributed by atoms with van der Waals surface area (Å²) in [5.74, 6) is 1.91. The minimum atomic E-state index is -0.0627. The number of amides is 1. The molecular formula is C22H22N2O2. The number of carbonyl (C=O) groups is 1. The van der Waals surface area contributed by atoms with E-state index in [0.717, 1.165) is 29.0 Å². The summed E-state index contributed by atoms with van der Waals surface area (Å²) in [6, 6.07) is 14.3. The van der Waals surface area contributed by atoms with Crippen molar-refractivity contribution in [1.29, 1.82) is 0 Å². The van der Waals surface area contributed by atoms with Crippen LogP contribution in [0.5, 0.6) is 0 Å². The zero-order valence-electron chi connectivity index (χ0n) is 15.2. The van der Waals surface area contributed by atoms with E-state index in [1.54, 1.807) is 6.20 Å². The molecule has 132 valence electrons. The van der Waals surface area contributed by atoms with Gasteiger partial charge in [-0.1, -0.05) is 38.1 Å². The molecule has 3 aromatic rings. The van der Waals surface area contributed by atoms with Crippen LogP contribution in [0.3, 0.4) is 0 Å². The second-order valence-electron chi connectivity index (χ2n) is 7.23. The van der Waals surface area contributed by atoms with Crippen molar-refractivity contribution in [3.05, 3.63) is 65.5 Å². The largest absolute Gasteiger partial charge is 0.460 e. The number of carbonyl (C=O) groups excluding carboxylic acids is 1. The molecule has 0 fully saturated rings. The van der Waals surface area contributed by atoms with Crippen molar-refractivity contribution >= 4 is 5.91 Å². The molecule has 0 saturated heterocycles. The number of pyridine rings is 1. The van der Waals surface area contributed by atoms with E-state index in [1.807, 2.05) is 25.1 Å². The van der Waals surface area contributed by atoms with Gasteiger partial charge in [-0.25, -0.2) is 0 Å². The van der Waals surface area contributed by atoms with Gasteiger partial charge in [-0.15, -0.1) is 0 Å². The zero-order chi connectivity index (χ0) is 18.3. The summed E-state index contributed by atoms with van der Waals surface area (Å²) in [4.78, 5) is 16.6. The fraction of sp³-hybridized carbons (Fsp3) is 0.273. The molecule has 0 saturated carbocycles. The molecule has 3 heterocycles. The van der Waals surface area contributed by atoms with Crippen LogP contribution < -0.4 is 5.32 Å². The van der Waals surface area contributed by atoms with Crippen LogP contribution in [0, 0.1) is 0 Å². The van der Waals surface area contributed by atoms with E-state index < -0.39 is 0 Å². The first-order valence-corrected chi connectivity index (χ1v) is 9.01. The number of hydrogen-bond acceptors (Lipinski definition) is 3. The number of benzene rings is 1. The van der Waals surface area contributed by atoms with Gasteiger partial charge in [0.1, 0.15) is 11.5 Å². The van der Waals surface area contributed by atoms with E-state index in [-0.39, 0.29) is 11.9 Å². The first-order chi connectivity index (χ1) is 12.5. The van der Waals surface area contributed by atoms with Crippen molar-refractivity contribution in [3.63, 3.8) is 0 Å². The highest BCUT2D eigenvalue weighted by Gasteiger charge is 2.26. The molecular weight excluding hydrogens is 324 g/mol. The highest BCUT2D eigenvalue weighted by Crippen LogP contribution is 2.31. The molecule has 0 aliphatic carbocycles. The Hall–Kier alpha value is -2.88. The summed E-state index contributed by atoms with van der Waals surface area (Å²) in [5, 5.41) is 2.94. The molecule has 1 amide bonds. The molecule has 0 radical (unpaired) electrons. The Morgan fingerprint density at radius 1 is 1.12 bits per heavy atom. The Balaban J connectivity index is 1.68. The van der Waals surface area contributed by atoms with Gasteiger partial charge in [0.2, 0.25) is 0 Å². The van der Waals surface area contributed by atoms with Crippen LogP contribution in [0.4, 0.5) is 0 Å². The quantitative estimate of drug-likeness (QED) is 0.741. The van der Waals surface area contributed by atoms with Gasteiger partial charge >= 0.3 is 0 Å². The van der Waals surface area contributed by atoms with Gasteiger partial charge in [0, 0.05) is 29.8 Å². The van der Waals surface area contributed by atoms with Crippen LogP contribution >= 0.6 is 0 Å². The molecule has 1 aliphatic heterocycles. The van der Waals surface area contributed by atoms with Gasteiger partial charge < -0.3 is 9.73 Å². The first-order valence-electron chi connectivity index (χ1n) is 9.01. The van der Waals surface area contributed by atoms with E-state index in [1.165, 1.54) is 5.56 Å². The molecule has 1 N–H and O–H groups in total. The fourth-order valence-corrected chi connectivity index (χ4v) is 3.33. The monoisotopic (exact) mass is 346 g/mol. The molecule has 4 rings (SSSR count). The number of furan rings is 1. The Morgan fingerprint density at radius 2 is 1.88 bits per heavy atom. The van der Waals surface area contributed by atoms with E-state index in [9.17, 15) is 4.79 Å². The summed E-state index contributed by atoms with van der Waals surface area (Å²) in [6.45, 7) is 6.35. The Labute approximate surface area is 153 Å². The Kier molecular flexibility index (Phi) is 4.11. The number of hydrogen-bond donors (Lipinski definition) is 1. The standard InChI is InChI=1S/C22H22N2O2/c1-13(2)15-4-6-16(7-5-15)19-11-17(8-9-23-19)20-12-18-21(26-20)10-14(3)24-22(18)25/h4-9,11-14H,10H2,1-3H3,(H,24,25)/t14-/m1/s1. The van der Waals surface area contributed by atoms with Crippen LogP contribution in [0.1, 0.15) is 48.4 Å². The maximum atomic E-state index is 12.1. The van der Waals surface area contributed by atoms with Crippen molar-refractivity contribution in [3.8, 4) is 22.6 Å². The lowest BCUT2D eigenvalue weighted by Gasteiger charge is -2.17. The molecule has 4 heteroatoms. The third-order valence-corrected chi connectivity index (χ3v) is 4.84. The lowest BCUT2D eigenvalue weighted by atomic mass is 10.00. The predicted molar refractivity (Wildman–Crippen MR) is 102 cm³/mol. The van der Waals surface area contributed by atoms with E-state index >= 15 is 0 Å². The minimum absolute atomic E-state index is 0.0627. The van der Waals surface area contributed by atoms with Crippen molar-refractivity contribution in [2.45, 2.75) is 39.2 Å². The van der Waals surface area contributed by atoms with E-state index in [0.29, 0.717) is 17.2 Å². The third kappa shape index (κ3) is 3.03. The highest BCUT2D eigenvalue weighted by molar-refractivity contribution is 5.97. The molecule has 0 bridgehead atoms. The number of nitrogens with zero attached hydrogens (tertiary/aromatic N) is 1. The van der Waals surface area contributed by atoms with Crippen molar-refractivity contribution < 1.29 is 9.21 Å². The normalized spacial score (nSPS) is 16.5. The van der Waals surface area contributed by atoms with Gasteiger partial charge in [0.05, 0.1) is 11.3 Å². The van der Waals surface area contributed by atoms with Crippen LogP contribution in [-0.4, -0.2) is 16.9 Å². The van der Waals surface area contributed by atoms with E-state index in [4.69, 9.17) is 4.42 Å². The lowest BCUT2D eigenvalue weighted by Crippen LogP contribution is -2.38. The molecule has 26 heavy (non-hydrogen) atoms. The fourth-order valence-electron chi connectivity index (χ4n) is 3.33. The maximum Gasteiger partial charge on any atom is 0.255 e. The van der Waals surface area contributed by atoms with Gasteiger partial charge in [-0.05, 0) is 36.6 Å². The van der Waals surface area contributed by atoms with E-state index in [2.05, 4.69) is 48.4 Å². The number of nitrogens with one attached hydrogen (secondary N) is 1. The van der Waals surface area contributed by atoms with Crippen molar-refractivity contribution in [2.75, 3.05) is 0 Å². The molecule has 4 nitrogen and oxygen atoms in total. The molecule has 0 unspecified atom stereocenters. The number of rotatable bonds is 3. The lowest BCUT2D eigenvalue weighted by molar-refractivity contribution is 0.0925. The average molecular weight is 346 g/mol. The van der Waals surface area contributed by atoms with Crippen LogP contribution in [0.2, 0.25) is 0 Å². The summed E-state index contributed by atoms with van der Waals surface area (Å²) in [5.41, 5.74) is 4.84. The maximum absolute atomic E-state index is 12.1. The first kappa shape index (κ1) is 16.6. The minimum Gasteiger partial charge on any atom is -0.460 e. The highest BCUT2D eigenvalue weighted by atomic mass is 16.3. The topological polar surface area (TPSA) is 55.1 Å². The van der Waals surface area contributed by atoms with Gasteiger partial charge in [-0.2, -0.15) is 0 Å². The molecule has 2 aromatic heterocycles. The summed E-state index contributed by atoms with van der Waals surface area (Å²) in [7, 11) is 0. The smallest absolute Gasteiger partial charge is 0.255 e. The predicted octanol–water partition coefficient (Wildman–Crippen LogP) is 4.81. The molecule has 1 aromatic carbocycles. The van der Waals surface area contributed by atoms with Crippen LogP contribution in [-0.2, 0) is 6.42 Å². The van der Waals surface area contributed by atoms with Gasteiger partial charge in [0.25, 0.3) is 5.91 Å². The van der Waals surface area contributed by atoms with Crippen LogP contribution in [0.15, 0.2) is 53.1 Å². The van der Waals surface area contributed by atoms with Crippen molar-refractivity contribution in [2.24, 2.45) is 0 Å². The summed E-state index contributed by atoms with van der Waals surface area (Å²) in [6.07, 6.45) is 2.50. The molecule has 0 spiro atoms. The number of fused-ring (bicyclic) bond motifs is 1. The zero-order valence-corrected chi connectivity index (χ0v) is 15.2. The summed E-state index contributed by atoms with van der Waals surface area (Å²) < 4.78 is 5.99. The average Bonchev–Trinajstić information content (AvgIpc) is 3.06. The van der Waals surface area contributed by atoms with Crippen LogP contribution in [0.25, 0.3) is 22.6 Å². The molecule has 1 aliphatic rings. The van der Waals surface area contributed by atoms with Gasteiger partial charge in [-0.3, -0.25) is 9.78 Å².